The van der Waals surface area contributed by atoms with Crippen molar-refractivity contribution in [3.05, 3.63) is 0 Å². The zero-order chi connectivity index (χ0) is 5.41. The molecule has 0 unspecified atom stereocenters. The normalized spacial score (nSPS) is 3.71. The van der Waals surface area contributed by atoms with Gasteiger partial charge in [0.1, 0.15) is 0 Å². The minimum atomic E-state index is 0. The van der Waals surface area contributed by atoms with Gasteiger partial charge in [0.05, 0.1) is 0 Å². The molecule has 0 saturated heterocycles. The molecular weight excluding hydrogens is 89.1 g/mol. The number of rotatable bonds is 0. The molecule has 0 atom stereocenters. The Kier molecular flexibility index (Phi) is 113. The summed E-state index contributed by atoms with van der Waals surface area (Å²) in [5.41, 5.74) is 0. The van der Waals surface area contributed by atoms with Crippen molar-refractivity contribution in [2.75, 3.05) is 0 Å². The standard InChI is InChI=1S/2C2H3O.Be/c2*1-2-3;/h2*1H3;/q2*-1;+2. The third-order valence-electron chi connectivity index (χ3n) is 0. The number of carbonyl (C=O) groups excluding carboxylic acids is 2. The topological polar surface area (TPSA) is 34.1 Å². The van der Waals surface area contributed by atoms with Gasteiger partial charge in [0.2, 0.25) is 0 Å². The Hall–Kier alpha value is -0.491. The molecule has 0 saturated carbocycles. The van der Waals surface area contributed by atoms with Crippen molar-refractivity contribution in [3.8, 4) is 0 Å². The van der Waals surface area contributed by atoms with Gasteiger partial charge in [-0.2, -0.15) is 13.8 Å². The van der Waals surface area contributed by atoms with Crippen LogP contribution in [0.25, 0.3) is 0 Å². The van der Waals surface area contributed by atoms with Gasteiger partial charge in [0.25, 0.3) is 0 Å². The molecule has 0 spiro atoms. The van der Waals surface area contributed by atoms with Crippen molar-refractivity contribution >= 4 is 22.7 Å². The third-order valence-corrected chi connectivity index (χ3v) is 0. The molecule has 7 heavy (non-hydrogen) atoms. The minimum absolute atomic E-state index is 0. The first-order chi connectivity index (χ1) is 2.83. The van der Waals surface area contributed by atoms with Crippen LogP contribution >= 0.6 is 0 Å². The van der Waals surface area contributed by atoms with Crippen molar-refractivity contribution in [1.29, 1.82) is 0 Å². The van der Waals surface area contributed by atoms with Gasteiger partial charge in [-0.3, -0.25) is 12.6 Å². The maximum absolute atomic E-state index is 8.68. The Labute approximate surface area is 47.1 Å². The molecular formula is C4H6BeO2. The fourth-order valence-corrected chi connectivity index (χ4v) is 0. The van der Waals surface area contributed by atoms with Gasteiger partial charge in [-0.1, -0.05) is 0 Å². The summed E-state index contributed by atoms with van der Waals surface area (Å²) in [4.78, 5) is 17.4. The second kappa shape index (κ2) is 49.2. The van der Waals surface area contributed by atoms with E-state index in [9.17, 15) is 0 Å². The molecule has 36 valence electrons. The van der Waals surface area contributed by atoms with E-state index in [2.05, 4.69) is 0 Å². The number of hydrogen-bond donors (Lipinski definition) is 0. The minimum Gasteiger partial charge on any atom is -0.542 e. The maximum Gasteiger partial charge on any atom is 2.00 e. The largest absolute Gasteiger partial charge is 2.00 e. The van der Waals surface area contributed by atoms with E-state index in [0.717, 1.165) is 0 Å². The van der Waals surface area contributed by atoms with Gasteiger partial charge < -0.3 is 9.59 Å². The van der Waals surface area contributed by atoms with Crippen LogP contribution in [0.5, 0.6) is 0 Å². The van der Waals surface area contributed by atoms with Crippen molar-refractivity contribution in [2.24, 2.45) is 0 Å². The molecule has 3 heteroatoms. The molecule has 0 aliphatic rings. The fraction of sp³-hybridized carbons (Fsp3) is 0.500. The molecule has 0 heterocycles. The summed E-state index contributed by atoms with van der Waals surface area (Å²) in [6, 6.07) is 0. The molecule has 0 aromatic rings. The summed E-state index contributed by atoms with van der Waals surface area (Å²) < 4.78 is 0. The quantitative estimate of drug-likeness (QED) is 0.310. The van der Waals surface area contributed by atoms with E-state index >= 15 is 0 Å². The monoisotopic (exact) mass is 95.0 g/mol. The van der Waals surface area contributed by atoms with Gasteiger partial charge in [0, 0.05) is 0 Å². The summed E-state index contributed by atoms with van der Waals surface area (Å²) in [6.45, 7) is 2.64. The van der Waals surface area contributed by atoms with Crippen molar-refractivity contribution in [1.82, 2.24) is 0 Å². The van der Waals surface area contributed by atoms with Gasteiger partial charge >= 0.3 is 10.1 Å². The second-order valence-electron chi connectivity index (χ2n) is 0.408. The van der Waals surface area contributed by atoms with Gasteiger partial charge in [-0.25, -0.2) is 0 Å². The van der Waals surface area contributed by atoms with Crippen LogP contribution in [0.15, 0.2) is 0 Å². The molecule has 2 nitrogen and oxygen atoms in total. The molecule has 0 aliphatic heterocycles. The van der Waals surface area contributed by atoms with Crippen LogP contribution in [0, 0.1) is 0 Å². The Morgan fingerprint density at radius 3 is 1.00 bits per heavy atom. The van der Waals surface area contributed by atoms with E-state index in [-0.39, 0.29) is 10.1 Å². The Morgan fingerprint density at radius 2 is 1.00 bits per heavy atom. The van der Waals surface area contributed by atoms with Gasteiger partial charge in [-0.05, 0) is 0 Å². The molecule has 0 aromatic heterocycles. The summed E-state index contributed by atoms with van der Waals surface area (Å²) in [5.74, 6) is 0. The van der Waals surface area contributed by atoms with Crippen LogP contribution in [-0.2, 0) is 9.59 Å². The molecule has 0 aromatic carbocycles. The van der Waals surface area contributed by atoms with E-state index in [1.807, 2.05) is 0 Å². The van der Waals surface area contributed by atoms with E-state index in [0.29, 0.717) is 0 Å². The van der Waals surface area contributed by atoms with Crippen LogP contribution in [0.1, 0.15) is 13.8 Å². The number of hydrogen-bond acceptors (Lipinski definition) is 2. The van der Waals surface area contributed by atoms with Crippen LogP contribution in [0.2, 0.25) is 0 Å². The van der Waals surface area contributed by atoms with E-state index in [1.165, 1.54) is 26.4 Å². The molecule has 0 bridgehead atoms. The average Bonchev–Trinajstić information content (AvgIpc) is 1.39. The summed E-state index contributed by atoms with van der Waals surface area (Å²) in [5, 5.41) is 0. The van der Waals surface area contributed by atoms with Crippen LogP contribution in [0.4, 0.5) is 0 Å². The van der Waals surface area contributed by atoms with Crippen LogP contribution < -0.4 is 0 Å². The molecule has 0 fully saturated rings. The predicted octanol–water partition coefficient (Wildman–Crippen LogP) is -0.149. The van der Waals surface area contributed by atoms with Crippen molar-refractivity contribution < 1.29 is 9.59 Å². The first-order valence-corrected chi connectivity index (χ1v) is 1.41. The third kappa shape index (κ3) is 281. The Bertz CT molecular complexity index is 30.7. The van der Waals surface area contributed by atoms with Gasteiger partial charge in [0.15, 0.2) is 0 Å². The summed E-state index contributed by atoms with van der Waals surface area (Å²) in [6.07, 6.45) is 3.00. The molecule has 0 N–H and O–H groups in total. The first-order valence-electron chi connectivity index (χ1n) is 1.41. The predicted molar refractivity (Wildman–Crippen MR) is 28.5 cm³/mol. The zero-order valence-corrected chi connectivity index (χ0v) is 4.52. The average molecular weight is 95.1 g/mol. The van der Waals surface area contributed by atoms with E-state index in [1.54, 1.807) is 0 Å². The SMILES string of the molecule is C[C-]=O.C[C-]=O.[Be+2]. The summed E-state index contributed by atoms with van der Waals surface area (Å²) >= 11 is 0. The van der Waals surface area contributed by atoms with Crippen molar-refractivity contribution in [2.45, 2.75) is 13.8 Å². The fourth-order valence-electron chi connectivity index (χ4n) is 0. The molecule has 0 radical (unpaired) electrons. The van der Waals surface area contributed by atoms with Crippen LogP contribution in [0.3, 0.4) is 0 Å². The van der Waals surface area contributed by atoms with E-state index < -0.39 is 0 Å². The molecule has 0 rings (SSSR count). The van der Waals surface area contributed by atoms with Crippen LogP contribution in [-0.4, -0.2) is 22.7 Å². The molecule has 0 aliphatic carbocycles. The molecule has 0 amide bonds. The first kappa shape index (κ1) is 16.0. The summed E-state index contributed by atoms with van der Waals surface area (Å²) in [7, 11) is 0. The van der Waals surface area contributed by atoms with Crippen molar-refractivity contribution in [3.63, 3.8) is 0 Å². The van der Waals surface area contributed by atoms with E-state index in [4.69, 9.17) is 9.59 Å². The Morgan fingerprint density at radius 1 is 1.00 bits per heavy atom. The smallest absolute Gasteiger partial charge is 0.542 e. The maximum atomic E-state index is 8.68. The second-order valence-corrected chi connectivity index (χ2v) is 0.408. The Balaban J connectivity index is -0.0000000400. The zero-order valence-electron chi connectivity index (χ0n) is 4.52. The van der Waals surface area contributed by atoms with Gasteiger partial charge in [-0.15, -0.1) is 0 Å².